The number of pyridine rings is 1. The lowest BCUT2D eigenvalue weighted by atomic mass is 10.3. The van der Waals surface area contributed by atoms with Crippen LogP contribution in [0, 0.1) is 0 Å². The zero-order valence-electron chi connectivity index (χ0n) is 10.9. The number of halogens is 1. The van der Waals surface area contributed by atoms with Gasteiger partial charge >= 0.3 is 0 Å². The molecule has 0 atom stereocenters. The van der Waals surface area contributed by atoms with Gasteiger partial charge in [0.05, 0.1) is 11.6 Å². The van der Waals surface area contributed by atoms with E-state index in [0.29, 0.717) is 17.4 Å². The Morgan fingerprint density at radius 3 is 2.89 bits per heavy atom. The van der Waals surface area contributed by atoms with Gasteiger partial charge in [0.25, 0.3) is 0 Å². The lowest BCUT2D eigenvalue weighted by Gasteiger charge is -2.08. The van der Waals surface area contributed by atoms with Crippen molar-refractivity contribution >= 4 is 21.7 Å². The molecule has 6 heteroatoms. The van der Waals surface area contributed by atoms with Crippen LogP contribution in [0.2, 0.25) is 0 Å². The zero-order chi connectivity index (χ0) is 13.7. The Morgan fingerprint density at radius 2 is 2.16 bits per heavy atom. The molecule has 1 N–H and O–H groups in total. The molecule has 2 aromatic rings. The van der Waals surface area contributed by atoms with Gasteiger partial charge in [-0.2, -0.15) is 0 Å². The molecule has 0 bridgehead atoms. The van der Waals surface area contributed by atoms with Crippen LogP contribution in [0.3, 0.4) is 0 Å². The molecule has 0 aliphatic rings. The van der Waals surface area contributed by atoms with Crippen LogP contribution in [0.1, 0.15) is 13.3 Å². The molecule has 5 nitrogen and oxygen atoms in total. The van der Waals surface area contributed by atoms with Crippen molar-refractivity contribution in [3.05, 3.63) is 28.9 Å². The smallest absolute Gasteiger partial charge is 0.213 e. The third-order valence-electron chi connectivity index (χ3n) is 2.45. The number of nitrogens with one attached hydrogen (secondary N) is 1. The molecule has 0 aliphatic carbocycles. The molecular formula is C13H15BrN4O. The first kappa shape index (κ1) is 13.7. The number of methoxy groups -OCH3 is 1. The summed E-state index contributed by atoms with van der Waals surface area (Å²) in [6.45, 7) is 2.97. The van der Waals surface area contributed by atoms with Gasteiger partial charge in [0.1, 0.15) is 11.5 Å². The minimum absolute atomic E-state index is 0.548. The minimum atomic E-state index is 0.548. The summed E-state index contributed by atoms with van der Waals surface area (Å²) in [4.78, 5) is 13.1. The molecule has 2 heterocycles. The second-order valence-corrected chi connectivity index (χ2v) is 4.74. The van der Waals surface area contributed by atoms with Crippen LogP contribution in [0.4, 0.5) is 5.82 Å². The Bertz CT molecular complexity index is 562. The van der Waals surface area contributed by atoms with Crippen LogP contribution in [0.15, 0.2) is 28.9 Å². The molecule has 0 fully saturated rings. The van der Waals surface area contributed by atoms with E-state index in [1.807, 2.05) is 12.1 Å². The molecule has 0 aliphatic heterocycles. The number of ether oxygens (including phenoxy) is 1. The quantitative estimate of drug-likeness (QED) is 0.916. The molecule has 0 unspecified atom stereocenters. The number of hydrogen-bond acceptors (Lipinski definition) is 5. The van der Waals surface area contributed by atoms with Gasteiger partial charge in [-0.1, -0.05) is 13.0 Å². The molecule has 0 aromatic carbocycles. The normalized spacial score (nSPS) is 10.3. The van der Waals surface area contributed by atoms with Crippen molar-refractivity contribution in [2.24, 2.45) is 0 Å². The van der Waals surface area contributed by atoms with Crippen molar-refractivity contribution in [3.63, 3.8) is 0 Å². The summed E-state index contributed by atoms with van der Waals surface area (Å²) >= 11 is 3.43. The minimum Gasteiger partial charge on any atom is -0.481 e. The Kier molecular flexibility index (Phi) is 4.68. The molecule has 0 saturated carbocycles. The number of anilines is 1. The van der Waals surface area contributed by atoms with E-state index in [1.54, 1.807) is 19.4 Å². The van der Waals surface area contributed by atoms with Crippen molar-refractivity contribution in [2.75, 3.05) is 19.0 Å². The maximum Gasteiger partial charge on any atom is 0.213 e. The van der Waals surface area contributed by atoms with E-state index in [2.05, 4.69) is 43.1 Å². The molecule has 2 aromatic heterocycles. The van der Waals surface area contributed by atoms with Gasteiger partial charge < -0.3 is 10.1 Å². The Labute approximate surface area is 120 Å². The first-order valence-corrected chi connectivity index (χ1v) is 6.81. The van der Waals surface area contributed by atoms with Gasteiger partial charge in [-0.25, -0.2) is 15.0 Å². The maximum absolute atomic E-state index is 5.10. The number of nitrogens with zero attached hydrogens (tertiary/aromatic N) is 3. The van der Waals surface area contributed by atoms with E-state index in [0.717, 1.165) is 23.3 Å². The highest BCUT2D eigenvalue weighted by Gasteiger charge is 2.08. The van der Waals surface area contributed by atoms with Crippen LogP contribution < -0.4 is 10.1 Å². The van der Waals surface area contributed by atoms with E-state index in [4.69, 9.17) is 4.74 Å². The summed E-state index contributed by atoms with van der Waals surface area (Å²) < 4.78 is 5.94. The summed E-state index contributed by atoms with van der Waals surface area (Å²) in [5, 5.41) is 3.24. The fourth-order valence-electron chi connectivity index (χ4n) is 1.51. The van der Waals surface area contributed by atoms with Crippen molar-refractivity contribution in [1.29, 1.82) is 0 Å². The van der Waals surface area contributed by atoms with Crippen LogP contribution in [0.25, 0.3) is 11.5 Å². The van der Waals surface area contributed by atoms with Crippen LogP contribution >= 0.6 is 15.9 Å². The lowest BCUT2D eigenvalue weighted by Crippen LogP contribution is -2.04. The first-order valence-electron chi connectivity index (χ1n) is 6.02. The molecule has 0 amide bonds. The van der Waals surface area contributed by atoms with Crippen LogP contribution in [0.5, 0.6) is 5.88 Å². The number of hydrogen-bond donors (Lipinski definition) is 1. The van der Waals surface area contributed by atoms with E-state index < -0.39 is 0 Å². The SMILES string of the molecule is CCCNc1nc(-c2cccc(OC)n2)ncc1Br. The van der Waals surface area contributed by atoms with Gasteiger partial charge in [-0.05, 0) is 28.4 Å². The second kappa shape index (κ2) is 6.47. The average molecular weight is 323 g/mol. The Balaban J connectivity index is 2.33. The molecule has 19 heavy (non-hydrogen) atoms. The lowest BCUT2D eigenvalue weighted by molar-refractivity contribution is 0.398. The van der Waals surface area contributed by atoms with Crippen molar-refractivity contribution in [1.82, 2.24) is 15.0 Å². The topological polar surface area (TPSA) is 59.9 Å². The molecule has 100 valence electrons. The standard InChI is InChI=1S/C13H15BrN4O/c1-3-7-15-12-9(14)8-16-13(18-12)10-5-4-6-11(17-10)19-2/h4-6,8H,3,7H2,1-2H3,(H,15,16,18). The second-order valence-electron chi connectivity index (χ2n) is 3.88. The van der Waals surface area contributed by atoms with Crippen molar-refractivity contribution < 1.29 is 4.74 Å². The summed E-state index contributed by atoms with van der Waals surface area (Å²) in [5.41, 5.74) is 0.686. The van der Waals surface area contributed by atoms with Gasteiger partial charge in [0.2, 0.25) is 5.88 Å². The summed E-state index contributed by atoms with van der Waals surface area (Å²) in [5.74, 6) is 1.89. The molecule has 0 saturated heterocycles. The largest absolute Gasteiger partial charge is 0.481 e. The summed E-state index contributed by atoms with van der Waals surface area (Å²) in [6, 6.07) is 5.51. The highest BCUT2D eigenvalue weighted by molar-refractivity contribution is 9.10. The number of rotatable bonds is 5. The fourth-order valence-corrected chi connectivity index (χ4v) is 1.84. The zero-order valence-corrected chi connectivity index (χ0v) is 12.4. The first-order chi connectivity index (χ1) is 9.24. The monoisotopic (exact) mass is 322 g/mol. The predicted molar refractivity (Wildman–Crippen MR) is 78.3 cm³/mol. The molecule has 0 radical (unpaired) electrons. The Morgan fingerprint density at radius 1 is 1.32 bits per heavy atom. The van der Waals surface area contributed by atoms with E-state index in [-0.39, 0.29) is 0 Å². The summed E-state index contributed by atoms with van der Waals surface area (Å²) in [6.07, 6.45) is 2.75. The van der Waals surface area contributed by atoms with Crippen molar-refractivity contribution in [3.8, 4) is 17.4 Å². The van der Waals surface area contributed by atoms with E-state index >= 15 is 0 Å². The van der Waals surface area contributed by atoms with Gasteiger partial charge in [-0.3, -0.25) is 0 Å². The van der Waals surface area contributed by atoms with Gasteiger partial charge in [-0.15, -0.1) is 0 Å². The van der Waals surface area contributed by atoms with Crippen molar-refractivity contribution in [2.45, 2.75) is 13.3 Å². The highest BCUT2D eigenvalue weighted by atomic mass is 79.9. The summed E-state index contributed by atoms with van der Waals surface area (Å²) in [7, 11) is 1.59. The predicted octanol–water partition coefficient (Wildman–Crippen LogP) is 3.13. The highest BCUT2D eigenvalue weighted by Crippen LogP contribution is 2.23. The molecule has 0 spiro atoms. The van der Waals surface area contributed by atoms with Gasteiger partial charge in [0, 0.05) is 18.8 Å². The number of aromatic nitrogens is 3. The third-order valence-corrected chi connectivity index (χ3v) is 3.03. The van der Waals surface area contributed by atoms with E-state index in [9.17, 15) is 0 Å². The van der Waals surface area contributed by atoms with E-state index in [1.165, 1.54) is 0 Å². The van der Waals surface area contributed by atoms with Crippen LogP contribution in [-0.4, -0.2) is 28.6 Å². The maximum atomic E-state index is 5.10. The van der Waals surface area contributed by atoms with Gasteiger partial charge in [0.15, 0.2) is 5.82 Å². The Hall–Kier alpha value is -1.69. The fraction of sp³-hybridized carbons (Fsp3) is 0.308. The third kappa shape index (κ3) is 3.41. The van der Waals surface area contributed by atoms with Crippen LogP contribution in [-0.2, 0) is 0 Å². The molecule has 2 rings (SSSR count). The average Bonchev–Trinajstić information content (AvgIpc) is 2.46. The molecular weight excluding hydrogens is 308 g/mol.